The largest absolute Gasteiger partial charge is 0.508 e. The molecule has 0 saturated heterocycles. The van der Waals surface area contributed by atoms with E-state index in [1.807, 2.05) is 6.07 Å². The Kier molecular flexibility index (Phi) is 6.20. The zero-order valence-electron chi connectivity index (χ0n) is 11.8. The average molecular weight is 371 g/mol. The van der Waals surface area contributed by atoms with Crippen molar-refractivity contribution in [1.82, 2.24) is 5.32 Å². The first-order chi connectivity index (χ1) is 10.2. The SMILES string of the molecule is CC(=O)NC1([As](=O)(O)O)C=CC=CC1O.Oc1ccccc1. The van der Waals surface area contributed by atoms with Crippen LogP contribution in [0.2, 0.25) is 0 Å². The fourth-order valence-electron chi connectivity index (χ4n) is 1.78. The summed E-state index contributed by atoms with van der Waals surface area (Å²) in [7, 11) is 0. The van der Waals surface area contributed by atoms with Crippen LogP contribution in [-0.4, -0.2) is 48.9 Å². The predicted molar refractivity (Wildman–Crippen MR) is 79.8 cm³/mol. The number of aromatic hydroxyl groups is 1. The van der Waals surface area contributed by atoms with Crippen molar-refractivity contribution in [1.29, 1.82) is 0 Å². The van der Waals surface area contributed by atoms with E-state index < -0.39 is 30.5 Å². The maximum atomic E-state index is 11.3. The van der Waals surface area contributed by atoms with Crippen LogP contribution in [0.25, 0.3) is 0 Å². The summed E-state index contributed by atoms with van der Waals surface area (Å²) in [5.41, 5.74) is 0. The van der Waals surface area contributed by atoms with Gasteiger partial charge in [0.15, 0.2) is 0 Å². The van der Waals surface area contributed by atoms with E-state index in [1.54, 1.807) is 24.3 Å². The maximum Gasteiger partial charge on any atom is 0.115 e. The maximum absolute atomic E-state index is 11.3. The third kappa shape index (κ3) is 4.61. The molecule has 1 aromatic carbocycles. The molecule has 1 aromatic rings. The van der Waals surface area contributed by atoms with Gasteiger partial charge >= 0.3 is 88.9 Å². The molecule has 0 radical (unpaired) electrons. The van der Waals surface area contributed by atoms with Gasteiger partial charge in [-0.3, -0.25) is 0 Å². The Morgan fingerprint density at radius 1 is 1.23 bits per heavy atom. The van der Waals surface area contributed by atoms with Gasteiger partial charge in [0, 0.05) is 0 Å². The minimum Gasteiger partial charge on any atom is -0.508 e. The summed E-state index contributed by atoms with van der Waals surface area (Å²) in [5, 5.41) is 20.3. The Morgan fingerprint density at radius 3 is 2.18 bits per heavy atom. The van der Waals surface area contributed by atoms with Gasteiger partial charge in [0.1, 0.15) is 5.75 Å². The Morgan fingerprint density at radius 2 is 1.82 bits per heavy atom. The van der Waals surface area contributed by atoms with E-state index in [2.05, 4.69) is 5.32 Å². The summed E-state index contributed by atoms with van der Waals surface area (Å²) in [5.74, 6) is -0.291. The number of benzene rings is 1. The average Bonchev–Trinajstić information content (AvgIpc) is 2.41. The molecule has 2 rings (SSSR count). The van der Waals surface area contributed by atoms with Crippen molar-refractivity contribution in [3.63, 3.8) is 0 Å². The number of carbonyl (C=O) groups is 1. The molecule has 5 N–H and O–H groups in total. The van der Waals surface area contributed by atoms with Crippen molar-refractivity contribution >= 4 is 20.1 Å². The number of rotatable bonds is 2. The fraction of sp³-hybridized carbons (Fsp3) is 0.214. The van der Waals surface area contributed by atoms with Gasteiger partial charge in [0.05, 0.1) is 0 Å². The molecule has 2 unspecified atom stereocenters. The summed E-state index contributed by atoms with van der Waals surface area (Å²) in [6.07, 6.45) is 3.75. The Hall–Kier alpha value is -1.79. The number of aliphatic hydroxyl groups is 1. The number of phenols is 1. The molecular formula is C14H18AsNO6. The molecule has 0 bridgehead atoms. The number of para-hydroxylation sites is 1. The number of phenolic OH excluding ortho intramolecular Hbond substituents is 1. The smallest absolute Gasteiger partial charge is 0.115 e. The normalized spacial score (nSPS) is 23.4. The monoisotopic (exact) mass is 371 g/mol. The second-order valence-electron chi connectivity index (χ2n) is 4.57. The van der Waals surface area contributed by atoms with E-state index in [-0.39, 0.29) is 0 Å². The standard InChI is InChI=1S/C8H12AsNO5.C6H6O/c1-6(11)10-8(9(13,14)15)5-3-2-4-7(8)12;7-6-4-2-1-3-5-6/h2-5,7,12H,1H3,(H,10,11)(H2,13,14,15);1-5,7H. The van der Waals surface area contributed by atoms with Crippen molar-refractivity contribution in [3.05, 3.63) is 54.6 Å². The molecule has 2 atom stereocenters. The van der Waals surface area contributed by atoms with Crippen molar-refractivity contribution < 1.29 is 26.9 Å². The summed E-state index contributed by atoms with van der Waals surface area (Å²) in [6, 6.07) is 8.71. The third-order valence-corrected chi connectivity index (χ3v) is 5.95. The number of aliphatic hydroxyl groups excluding tert-OH is 1. The number of allylic oxidation sites excluding steroid dienone is 2. The Labute approximate surface area is 130 Å². The van der Waals surface area contributed by atoms with E-state index in [0.29, 0.717) is 5.75 Å². The molecule has 1 aliphatic carbocycles. The quantitative estimate of drug-likeness (QED) is 0.452. The van der Waals surface area contributed by atoms with Crippen LogP contribution in [0, 0.1) is 0 Å². The number of hydrogen-bond acceptors (Lipinski definition) is 4. The molecule has 0 heterocycles. The molecule has 0 spiro atoms. The second kappa shape index (κ2) is 7.46. The predicted octanol–water partition coefficient (Wildman–Crippen LogP) is -0.366. The number of hydrogen-bond donors (Lipinski definition) is 5. The van der Waals surface area contributed by atoms with Gasteiger partial charge in [0.2, 0.25) is 0 Å². The number of nitrogens with one attached hydrogen (secondary N) is 1. The first-order valence-electron chi connectivity index (χ1n) is 6.31. The fourth-order valence-corrected chi connectivity index (χ4v) is 3.91. The van der Waals surface area contributed by atoms with Gasteiger partial charge in [-0.2, -0.15) is 0 Å². The first kappa shape index (κ1) is 18.3. The minimum atomic E-state index is -5.36. The van der Waals surface area contributed by atoms with Gasteiger partial charge in [0.25, 0.3) is 0 Å². The van der Waals surface area contributed by atoms with Gasteiger partial charge < -0.3 is 5.11 Å². The zero-order chi connectivity index (χ0) is 16.8. The molecule has 1 aliphatic rings. The molecule has 0 aromatic heterocycles. The zero-order valence-corrected chi connectivity index (χ0v) is 13.7. The minimum absolute atomic E-state index is 0.322. The van der Waals surface area contributed by atoms with Gasteiger partial charge in [-0.1, -0.05) is 18.2 Å². The van der Waals surface area contributed by atoms with Crippen LogP contribution in [0.15, 0.2) is 54.6 Å². The van der Waals surface area contributed by atoms with Crippen LogP contribution < -0.4 is 5.32 Å². The molecule has 0 aliphatic heterocycles. The van der Waals surface area contributed by atoms with Gasteiger partial charge in [-0.05, 0) is 12.1 Å². The summed E-state index contributed by atoms with van der Waals surface area (Å²) in [6.45, 7) is 1.13. The van der Waals surface area contributed by atoms with Crippen LogP contribution in [0.5, 0.6) is 5.75 Å². The topological polar surface area (TPSA) is 127 Å². The molecular weight excluding hydrogens is 353 g/mol. The van der Waals surface area contributed by atoms with E-state index in [1.165, 1.54) is 18.2 Å². The molecule has 0 saturated carbocycles. The van der Waals surface area contributed by atoms with Crippen LogP contribution >= 0.6 is 0 Å². The van der Waals surface area contributed by atoms with Crippen LogP contribution in [-0.2, 0) is 8.53 Å². The van der Waals surface area contributed by atoms with Crippen LogP contribution in [0.1, 0.15) is 6.92 Å². The van der Waals surface area contributed by atoms with E-state index in [9.17, 15) is 21.8 Å². The van der Waals surface area contributed by atoms with Crippen molar-refractivity contribution in [2.75, 3.05) is 0 Å². The van der Waals surface area contributed by atoms with Crippen molar-refractivity contribution in [2.45, 2.75) is 17.4 Å². The second-order valence-corrected chi connectivity index (χ2v) is 8.41. The third-order valence-electron chi connectivity index (χ3n) is 2.82. The molecule has 8 heteroatoms. The molecule has 22 heavy (non-hydrogen) atoms. The van der Waals surface area contributed by atoms with Crippen LogP contribution in [0.3, 0.4) is 0 Å². The molecule has 1 amide bonds. The number of carbonyl (C=O) groups excluding carboxylic acids is 1. The van der Waals surface area contributed by atoms with Crippen LogP contribution in [0.4, 0.5) is 0 Å². The van der Waals surface area contributed by atoms with E-state index >= 15 is 0 Å². The van der Waals surface area contributed by atoms with Gasteiger partial charge in [-0.15, -0.1) is 0 Å². The van der Waals surface area contributed by atoms with Crippen molar-refractivity contribution in [3.8, 4) is 5.75 Å². The van der Waals surface area contributed by atoms with E-state index in [0.717, 1.165) is 13.0 Å². The summed E-state index contributed by atoms with van der Waals surface area (Å²) < 4.78 is 27.8. The molecule has 7 nitrogen and oxygen atoms in total. The van der Waals surface area contributed by atoms with Gasteiger partial charge in [-0.25, -0.2) is 0 Å². The Balaban J connectivity index is 0.000000287. The molecule has 120 valence electrons. The Bertz CT molecular complexity index is 609. The first-order valence-corrected chi connectivity index (χ1v) is 9.70. The van der Waals surface area contributed by atoms with Crippen molar-refractivity contribution in [2.24, 2.45) is 0 Å². The summed E-state index contributed by atoms with van der Waals surface area (Å²) >= 11 is -5.36. The summed E-state index contributed by atoms with van der Waals surface area (Å²) in [4.78, 5) is 10.9. The molecule has 0 fully saturated rings. The number of amides is 1. The van der Waals surface area contributed by atoms with E-state index in [4.69, 9.17) is 5.11 Å².